The van der Waals surface area contributed by atoms with E-state index in [1.54, 1.807) is 36.2 Å². The number of aromatic nitrogens is 1. The second-order valence-electron chi connectivity index (χ2n) is 9.13. The molecule has 1 aromatic heterocycles. The zero-order valence-corrected chi connectivity index (χ0v) is 20.6. The predicted octanol–water partition coefficient (Wildman–Crippen LogP) is 5.96. The number of hydrogen-bond donors (Lipinski definition) is 0. The van der Waals surface area contributed by atoms with Crippen LogP contribution in [0.5, 0.6) is 11.5 Å². The molecule has 7 nitrogen and oxygen atoms in total. The van der Waals surface area contributed by atoms with Gasteiger partial charge in [-0.05, 0) is 70.2 Å². The van der Waals surface area contributed by atoms with Crippen molar-refractivity contribution in [3.63, 3.8) is 0 Å². The number of pyridine rings is 1. The predicted molar refractivity (Wildman–Crippen MR) is 126 cm³/mol. The average molecular weight is 493 g/mol. The number of ether oxygens (including phenoxy) is 3. The molecule has 1 aliphatic rings. The van der Waals surface area contributed by atoms with Gasteiger partial charge in [0.1, 0.15) is 22.9 Å². The van der Waals surface area contributed by atoms with Gasteiger partial charge in [-0.25, -0.2) is 9.18 Å². The molecule has 184 valence electrons. The maximum atomic E-state index is 14.8. The first kappa shape index (κ1) is 25.7. The van der Waals surface area contributed by atoms with Gasteiger partial charge in [-0.1, -0.05) is 11.6 Å². The van der Waals surface area contributed by atoms with Crippen LogP contribution in [-0.4, -0.2) is 47.2 Å². The summed E-state index contributed by atoms with van der Waals surface area (Å²) < 4.78 is 31.3. The number of esters is 1. The molecule has 0 aliphatic carbocycles. The molecule has 0 bridgehead atoms. The SMILES string of the molecule is CCOC(=O)C(c1cc(Oc2cccnc2)cc(F)c1Cl)C1CCN(C(=O)OC(C)(C)C)CC1. The minimum atomic E-state index is -0.805. The smallest absolute Gasteiger partial charge is 0.410 e. The minimum absolute atomic E-state index is 0.147. The van der Waals surface area contributed by atoms with Crippen LogP contribution >= 0.6 is 11.6 Å². The largest absolute Gasteiger partial charge is 0.466 e. The van der Waals surface area contributed by atoms with E-state index in [0.29, 0.717) is 37.2 Å². The molecule has 3 rings (SSSR count). The summed E-state index contributed by atoms with van der Waals surface area (Å²) in [5.74, 6) is -1.57. The summed E-state index contributed by atoms with van der Waals surface area (Å²) in [5, 5.41) is -0.147. The third-order valence-electron chi connectivity index (χ3n) is 5.44. The number of carbonyl (C=O) groups excluding carboxylic acids is 2. The fourth-order valence-electron chi connectivity index (χ4n) is 3.96. The van der Waals surface area contributed by atoms with Gasteiger partial charge in [0, 0.05) is 25.4 Å². The van der Waals surface area contributed by atoms with E-state index < -0.39 is 29.4 Å². The van der Waals surface area contributed by atoms with Crippen LogP contribution < -0.4 is 4.74 Å². The van der Waals surface area contributed by atoms with Crippen LogP contribution in [0.3, 0.4) is 0 Å². The Morgan fingerprint density at radius 3 is 2.53 bits per heavy atom. The van der Waals surface area contributed by atoms with Crippen molar-refractivity contribution in [1.29, 1.82) is 0 Å². The van der Waals surface area contributed by atoms with Gasteiger partial charge in [0.25, 0.3) is 0 Å². The molecule has 1 atom stereocenters. The molecule has 0 saturated carbocycles. The number of likely N-dealkylation sites (tertiary alicyclic amines) is 1. The quantitative estimate of drug-likeness (QED) is 0.463. The van der Waals surface area contributed by atoms with E-state index in [9.17, 15) is 14.0 Å². The molecule has 2 heterocycles. The van der Waals surface area contributed by atoms with Gasteiger partial charge < -0.3 is 19.1 Å². The molecular formula is C25H30ClFN2O5. The first-order chi connectivity index (χ1) is 16.1. The van der Waals surface area contributed by atoms with E-state index >= 15 is 0 Å². The number of halogens is 2. The Labute approximate surface area is 204 Å². The number of hydrogen-bond acceptors (Lipinski definition) is 6. The summed E-state index contributed by atoms with van der Waals surface area (Å²) in [6.07, 6.45) is 3.72. The minimum Gasteiger partial charge on any atom is -0.466 e. The van der Waals surface area contributed by atoms with E-state index in [1.807, 2.05) is 20.8 Å². The standard InChI is InChI=1S/C25H30ClFN2O5/c1-5-32-23(30)21(16-8-11-29(12-9-16)24(31)34-25(2,3)4)19-13-18(14-20(27)22(19)26)33-17-7-6-10-28-15-17/h6-7,10,13-16,21H,5,8-9,11-12H2,1-4H3. The Hall–Kier alpha value is -2.87. The fourth-order valence-corrected chi connectivity index (χ4v) is 4.19. The van der Waals surface area contributed by atoms with E-state index in [4.69, 9.17) is 25.8 Å². The van der Waals surface area contributed by atoms with Gasteiger partial charge in [0.05, 0.1) is 23.7 Å². The Morgan fingerprint density at radius 1 is 1.24 bits per heavy atom. The number of rotatable bonds is 6. The van der Waals surface area contributed by atoms with Crippen LogP contribution in [0.25, 0.3) is 0 Å². The first-order valence-electron chi connectivity index (χ1n) is 11.3. The lowest BCUT2D eigenvalue weighted by Crippen LogP contribution is -2.43. The van der Waals surface area contributed by atoms with Crippen molar-refractivity contribution in [2.45, 2.75) is 52.1 Å². The maximum absolute atomic E-state index is 14.8. The van der Waals surface area contributed by atoms with E-state index in [2.05, 4.69) is 4.98 Å². The lowest BCUT2D eigenvalue weighted by atomic mass is 9.80. The summed E-state index contributed by atoms with van der Waals surface area (Å²) in [5.41, 5.74) is -0.295. The van der Waals surface area contributed by atoms with E-state index in [0.717, 1.165) is 0 Å². The van der Waals surface area contributed by atoms with Crippen LogP contribution in [0.1, 0.15) is 52.0 Å². The van der Waals surface area contributed by atoms with E-state index in [-0.39, 0.29) is 23.3 Å². The maximum Gasteiger partial charge on any atom is 0.410 e. The first-order valence-corrected chi connectivity index (χ1v) is 11.7. The van der Waals surface area contributed by atoms with Crippen LogP contribution in [0.15, 0.2) is 36.7 Å². The molecule has 1 aromatic carbocycles. The lowest BCUT2D eigenvalue weighted by molar-refractivity contribution is -0.146. The summed E-state index contributed by atoms with van der Waals surface area (Å²) >= 11 is 6.34. The summed E-state index contributed by atoms with van der Waals surface area (Å²) in [6, 6.07) is 6.13. The number of piperidine rings is 1. The lowest BCUT2D eigenvalue weighted by Gasteiger charge is -2.36. The Morgan fingerprint density at radius 2 is 1.94 bits per heavy atom. The van der Waals surface area contributed by atoms with Gasteiger partial charge in [-0.3, -0.25) is 9.78 Å². The topological polar surface area (TPSA) is 78.0 Å². The molecule has 0 radical (unpaired) electrons. The molecule has 1 amide bonds. The highest BCUT2D eigenvalue weighted by Gasteiger charge is 2.37. The summed E-state index contributed by atoms with van der Waals surface area (Å²) in [6.45, 7) is 8.13. The highest BCUT2D eigenvalue weighted by Crippen LogP contribution is 2.40. The highest BCUT2D eigenvalue weighted by atomic mass is 35.5. The Balaban J connectivity index is 1.85. The van der Waals surface area contributed by atoms with Crippen molar-refractivity contribution in [2.24, 2.45) is 5.92 Å². The van der Waals surface area contributed by atoms with Gasteiger partial charge in [0.15, 0.2) is 0 Å². The highest BCUT2D eigenvalue weighted by molar-refractivity contribution is 6.31. The number of nitrogens with zero attached hydrogens (tertiary/aromatic N) is 2. The molecule has 0 spiro atoms. The van der Waals surface area contributed by atoms with Gasteiger partial charge >= 0.3 is 12.1 Å². The van der Waals surface area contributed by atoms with Crippen LogP contribution in [0.2, 0.25) is 5.02 Å². The Bertz CT molecular complexity index is 1000. The van der Waals surface area contributed by atoms with Crippen molar-refractivity contribution in [2.75, 3.05) is 19.7 Å². The van der Waals surface area contributed by atoms with Crippen molar-refractivity contribution < 1.29 is 28.2 Å². The van der Waals surface area contributed by atoms with Crippen molar-refractivity contribution >= 4 is 23.7 Å². The molecule has 2 aromatic rings. The number of carbonyl (C=O) groups is 2. The molecule has 34 heavy (non-hydrogen) atoms. The molecule has 9 heteroatoms. The normalized spacial score (nSPS) is 15.5. The van der Waals surface area contributed by atoms with Crippen molar-refractivity contribution in [3.8, 4) is 11.5 Å². The van der Waals surface area contributed by atoms with Crippen molar-refractivity contribution in [1.82, 2.24) is 9.88 Å². The number of benzene rings is 1. The molecular weight excluding hydrogens is 463 g/mol. The van der Waals surface area contributed by atoms with E-state index in [1.165, 1.54) is 12.3 Å². The van der Waals surface area contributed by atoms with Gasteiger partial charge in [0.2, 0.25) is 0 Å². The second kappa shape index (κ2) is 11.0. The molecule has 1 unspecified atom stereocenters. The van der Waals surface area contributed by atoms with Crippen LogP contribution in [-0.2, 0) is 14.3 Å². The number of amides is 1. The van der Waals surface area contributed by atoms with Gasteiger partial charge in [-0.15, -0.1) is 0 Å². The zero-order valence-electron chi connectivity index (χ0n) is 19.8. The third kappa shape index (κ3) is 6.59. The monoisotopic (exact) mass is 492 g/mol. The zero-order chi connectivity index (χ0) is 24.9. The van der Waals surface area contributed by atoms with Crippen molar-refractivity contribution in [3.05, 3.63) is 53.1 Å². The summed E-state index contributed by atoms with van der Waals surface area (Å²) in [7, 11) is 0. The molecule has 1 fully saturated rings. The molecule has 1 aliphatic heterocycles. The molecule has 0 N–H and O–H groups in total. The van der Waals surface area contributed by atoms with Crippen LogP contribution in [0, 0.1) is 11.7 Å². The van der Waals surface area contributed by atoms with Gasteiger partial charge in [-0.2, -0.15) is 0 Å². The summed E-state index contributed by atoms with van der Waals surface area (Å²) in [4.78, 5) is 31.1. The fraction of sp³-hybridized carbons (Fsp3) is 0.480. The average Bonchev–Trinajstić information content (AvgIpc) is 2.77. The molecule has 1 saturated heterocycles. The third-order valence-corrected chi connectivity index (χ3v) is 5.84. The second-order valence-corrected chi connectivity index (χ2v) is 9.51. The van der Waals surface area contributed by atoms with Crippen LogP contribution in [0.4, 0.5) is 9.18 Å². The Kier molecular flexibility index (Phi) is 8.36.